The van der Waals surface area contributed by atoms with Gasteiger partial charge in [-0.3, -0.25) is 0 Å². The van der Waals surface area contributed by atoms with Crippen LogP contribution >= 0.6 is 0 Å². The molecule has 0 radical (unpaired) electrons. The van der Waals surface area contributed by atoms with Crippen LogP contribution in [0.15, 0.2) is 0 Å². The van der Waals surface area contributed by atoms with Gasteiger partial charge in [-0.15, -0.1) is 0 Å². The first-order chi connectivity index (χ1) is 0. The van der Waals surface area contributed by atoms with Crippen molar-refractivity contribution in [3.63, 3.8) is 0 Å². The van der Waals surface area contributed by atoms with E-state index in [1.807, 2.05) is 0 Å². The van der Waals surface area contributed by atoms with Crippen molar-refractivity contribution in [3.05, 3.63) is 0 Å². The van der Waals surface area contributed by atoms with E-state index >= 15 is 0 Å². The summed E-state index contributed by atoms with van der Waals surface area (Å²) in [5, 5.41) is 0. The minimum atomic E-state index is 0. The van der Waals surface area contributed by atoms with Crippen molar-refractivity contribution in [2.45, 2.75) is 0 Å². The van der Waals surface area contributed by atoms with E-state index in [1.54, 1.807) is 0 Å². The Labute approximate surface area is 86.2 Å². The second-order valence-corrected chi connectivity index (χ2v) is 0. The molecule has 0 rings (SSSR count). The van der Waals surface area contributed by atoms with Gasteiger partial charge in [0.2, 0.25) is 0 Å². The molecule has 0 fully saturated rings. The third kappa shape index (κ3) is 8.82. The molecule has 4 heteroatoms. The van der Waals surface area contributed by atoms with Crippen molar-refractivity contribution >= 4 is 0 Å². The van der Waals surface area contributed by atoms with Gasteiger partial charge in [-0.25, -0.2) is 0 Å². The molecule has 0 aromatic heterocycles. The molecule has 1 nitrogen and oxygen atoms in total. The predicted molar refractivity (Wildman–Crippen MR) is 1.94 cm³/mol. The zero-order valence-corrected chi connectivity index (χ0v) is 6.70. The molecule has 0 atom stereocenters. The Hall–Kier alpha value is 2.48. The second kappa shape index (κ2) is 17.9. The average molecular weight is 98.5 g/mol. The molecule has 0 aromatic carbocycles. The Balaban J connectivity index is 0. The van der Waals surface area contributed by atoms with Gasteiger partial charge in [0.25, 0.3) is 0 Å². The maximum atomic E-state index is 0. The minimum Gasteiger partial charge on any atom is -1.00 e. The summed E-state index contributed by atoms with van der Waals surface area (Å²) in [5.74, 6) is 0. The summed E-state index contributed by atoms with van der Waals surface area (Å²) in [5.41, 5.74) is 0. The molecule has 0 unspecified atom stereocenters. The monoisotopic (exact) mass is 98.0 g/mol. The Morgan fingerprint density at radius 3 is 1.00 bits per heavy atom. The van der Waals surface area contributed by atoms with E-state index in [1.165, 1.54) is 0 Å². The molecule has 1 N–H and O–H groups in total. The first-order valence-corrected chi connectivity index (χ1v) is 0. The Morgan fingerprint density at radius 1 is 1.00 bits per heavy atom. The zero-order valence-electron chi connectivity index (χ0n) is 2.83. The maximum absolute atomic E-state index is 0. The van der Waals surface area contributed by atoms with Gasteiger partial charge < -0.3 is 17.9 Å². The Bertz CT molecular complexity index is 8.00. The molecule has 0 aliphatic carbocycles. The van der Waals surface area contributed by atoms with Crippen LogP contribution in [0, 0.1) is 0 Å². The van der Waals surface area contributed by atoms with Crippen LogP contribution in [0.2, 0.25) is 0 Å². The molecule has 0 heterocycles. The number of halogens is 1. The van der Waals surface area contributed by atoms with Crippen molar-refractivity contribution in [1.82, 2.24) is 0 Å². The van der Waals surface area contributed by atoms with Crippen molar-refractivity contribution in [2.24, 2.45) is 0 Å². The fourth-order valence-electron chi connectivity index (χ4n) is 0. The van der Waals surface area contributed by atoms with Gasteiger partial charge in [-0.05, 0) is 0 Å². The van der Waals surface area contributed by atoms with E-state index in [0.717, 1.165) is 0 Å². The smallest absolute Gasteiger partial charge is 1.00 e. The van der Waals surface area contributed by atoms with Crippen LogP contribution in [0.4, 0.5) is 0 Å². The number of hydrogen-bond donors (Lipinski definition) is 0. The summed E-state index contributed by atoms with van der Waals surface area (Å²) in [6.45, 7) is 0. The van der Waals surface area contributed by atoms with Crippen LogP contribution in [0.25, 0.3) is 0 Å². The Kier molecular flexibility index (Phi) is 141. The van der Waals surface area contributed by atoms with Crippen molar-refractivity contribution < 1.29 is 88.1 Å². The van der Waals surface area contributed by atoms with E-state index in [2.05, 4.69) is 0 Å². The van der Waals surface area contributed by atoms with Crippen molar-refractivity contribution in [2.75, 3.05) is 0 Å². The topological polar surface area (TPSA) is 30.0 Å². The van der Waals surface area contributed by atoms with Crippen LogP contribution in [-0.2, 0) is 0 Å². The standard InChI is InChI=1S/ClH.K.Li.H2O/h1H;;;1H2/q;2*+1;/p-2. The van der Waals surface area contributed by atoms with Crippen LogP contribution in [0.3, 0.4) is 0 Å². The summed E-state index contributed by atoms with van der Waals surface area (Å²) in [4.78, 5) is 0. The van der Waals surface area contributed by atoms with Gasteiger partial charge in [0.15, 0.2) is 0 Å². The molecule has 0 aromatic rings. The molecule has 0 aliphatic rings. The van der Waals surface area contributed by atoms with Gasteiger partial charge in [0.1, 0.15) is 0 Å². The SMILES string of the molecule is [Cl-].[K+].[Li+].[OH-]. The fraction of sp³-hybridized carbons (Fsp3) is 0. The van der Waals surface area contributed by atoms with Gasteiger partial charge in [-0.1, -0.05) is 0 Å². The normalized spacial score (nSPS) is 0. The van der Waals surface area contributed by atoms with Crippen LogP contribution in [0.1, 0.15) is 0 Å². The van der Waals surface area contributed by atoms with Crippen molar-refractivity contribution in [3.8, 4) is 0 Å². The van der Waals surface area contributed by atoms with E-state index in [0.29, 0.717) is 0 Å². The van der Waals surface area contributed by atoms with E-state index < -0.39 is 0 Å². The van der Waals surface area contributed by atoms with Crippen molar-refractivity contribution in [1.29, 1.82) is 0 Å². The van der Waals surface area contributed by atoms with Gasteiger partial charge >= 0.3 is 70.2 Å². The van der Waals surface area contributed by atoms with Gasteiger partial charge in [-0.2, -0.15) is 0 Å². The van der Waals surface area contributed by atoms with Gasteiger partial charge in [0.05, 0.1) is 0 Å². The molecular weight excluding hydrogens is 97.5 g/mol. The summed E-state index contributed by atoms with van der Waals surface area (Å²) >= 11 is 0. The quantitative estimate of drug-likeness (QED) is 0.277. The third-order valence-electron chi connectivity index (χ3n) is 0. The average Bonchev–Trinajstić information content (AvgIpc) is 0. The first-order valence-electron chi connectivity index (χ1n) is 0. The third-order valence-corrected chi connectivity index (χ3v) is 0. The molecule has 0 amide bonds. The molecular formula is HClKLiO. The molecule has 0 spiro atoms. The molecule has 0 saturated carbocycles. The van der Waals surface area contributed by atoms with Crippen LogP contribution in [0.5, 0.6) is 0 Å². The second-order valence-electron chi connectivity index (χ2n) is 0. The van der Waals surface area contributed by atoms with E-state index in [9.17, 15) is 0 Å². The molecule has 0 bridgehead atoms. The minimum absolute atomic E-state index is 0. The van der Waals surface area contributed by atoms with E-state index in [-0.39, 0.29) is 88.1 Å². The summed E-state index contributed by atoms with van der Waals surface area (Å²) < 4.78 is 0. The van der Waals surface area contributed by atoms with Crippen LogP contribution in [-0.4, -0.2) is 5.48 Å². The fourth-order valence-corrected chi connectivity index (χ4v) is 0. The molecule has 0 saturated heterocycles. The van der Waals surface area contributed by atoms with Crippen LogP contribution < -0.4 is 82.7 Å². The summed E-state index contributed by atoms with van der Waals surface area (Å²) in [6, 6.07) is 0. The van der Waals surface area contributed by atoms with Gasteiger partial charge in [0, 0.05) is 0 Å². The summed E-state index contributed by atoms with van der Waals surface area (Å²) in [6.07, 6.45) is 0. The number of hydrogen-bond acceptors (Lipinski definition) is 1. The zero-order chi connectivity index (χ0) is 0. The maximum Gasteiger partial charge on any atom is 1.00 e. The number of rotatable bonds is 0. The van der Waals surface area contributed by atoms with E-state index in [4.69, 9.17) is 0 Å². The Morgan fingerprint density at radius 2 is 1.00 bits per heavy atom. The molecule has 0 aliphatic heterocycles. The summed E-state index contributed by atoms with van der Waals surface area (Å²) in [7, 11) is 0. The predicted octanol–water partition coefficient (Wildman–Crippen LogP) is -9.16. The first kappa shape index (κ1) is 31.6. The molecule has 4 heavy (non-hydrogen) atoms. The molecule has 16 valence electrons. The largest absolute Gasteiger partial charge is 1.00 e.